The Morgan fingerprint density at radius 1 is 1.45 bits per heavy atom. The molecular formula is C15H18N4O. The molecular weight excluding hydrogens is 252 g/mol. The fourth-order valence-electron chi connectivity index (χ4n) is 1.67. The molecule has 2 heterocycles. The van der Waals surface area contributed by atoms with Crippen LogP contribution in [0.3, 0.4) is 0 Å². The van der Waals surface area contributed by atoms with Gasteiger partial charge in [-0.05, 0) is 11.8 Å². The van der Waals surface area contributed by atoms with Gasteiger partial charge in [0, 0.05) is 11.8 Å². The van der Waals surface area contributed by atoms with Crippen LogP contribution in [0.1, 0.15) is 26.3 Å². The lowest BCUT2D eigenvalue weighted by Crippen LogP contribution is -2.17. The van der Waals surface area contributed by atoms with Gasteiger partial charge in [0.2, 0.25) is 5.88 Å². The first kappa shape index (κ1) is 14.1. The number of nitrogens with zero attached hydrogens (tertiary/aromatic N) is 3. The molecule has 0 amide bonds. The fourth-order valence-corrected chi connectivity index (χ4v) is 1.67. The average Bonchev–Trinajstić information content (AvgIpc) is 2.79. The van der Waals surface area contributed by atoms with Crippen molar-refractivity contribution in [3.05, 3.63) is 41.7 Å². The molecule has 2 aromatic rings. The van der Waals surface area contributed by atoms with Gasteiger partial charge in [-0.15, -0.1) is 0 Å². The smallest absolute Gasteiger partial charge is 0.233 e. The molecule has 0 saturated carbocycles. The molecule has 0 bridgehead atoms. The van der Waals surface area contributed by atoms with Crippen molar-refractivity contribution in [1.82, 2.24) is 15.0 Å². The lowest BCUT2D eigenvalue weighted by atomic mass is 9.99. The topological polar surface area (TPSA) is 55.2 Å². The number of H-pyrrole nitrogens is 1. The van der Waals surface area contributed by atoms with Gasteiger partial charge in [-0.25, -0.2) is 14.8 Å². The first-order valence-electron chi connectivity index (χ1n) is 6.47. The minimum Gasteiger partial charge on any atom is -0.476 e. The molecule has 2 rings (SSSR count). The van der Waals surface area contributed by atoms with Crippen LogP contribution in [-0.2, 0) is 6.42 Å². The Bertz CT molecular complexity index is 659. The molecule has 0 saturated heterocycles. The molecule has 104 valence electrons. The van der Waals surface area contributed by atoms with Crippen LogP contribution in [0, 0.1) is 12.0 Å². The van der Waals surface area contributed by atoms with E-state index in [-0.39, 0.29) is 5.41 Å². The highest BCUT2D eigenvalue weighted by atomic mass is 16.5. The van der Waals surface area contributed by atoms with E-state index in [4.69, 9.17) is 11.3 Å². The van der Waals surface area contributed by atoms with Crippen molar-refractivity contribution in [3.8, 4) is 5.88 Å². The Balaban J connectivity index is 2.21. The molecule has 0 atom stereocenters. The third kappa shape index (κ3) is 3.58. The fraction of sp³-hybridized carbons (Fsp3) is 0.400. The first-order chi connectivity index (χ1) is 9.49. The third-order valence-electron chi connectivity index (χ3n) is 2.61. The number of ether oxygens (including phenoxy) is 1. The number of fused-ring (bicyclic) bond motifs is 1. The number of allylic oxidation sites excluding steroid dienone is 1. The van der Waals surface area contributed by atoms with Crippen LogP contribution in [0.4, 0.5) is 0 Å². The van der Waals surface area contributed by atoms with Crippen LogP contribution in [0.5, 0.6) is 5.88 Å². The maximum absolute atomic E-state index is 6.72. The van der Waals surface area contributed by atoms with Gasteiger partial charge < -0.3 is 9.72 Å². The average molecular weight is 270 g/mol. The highest BCUT2D eigenvalue weighted by molar-refractivity contribution is 5.75. The summed E-state index contributed by atoms with van der Waals surface area (Å²) in [7, 11) is 0. The molecule has 0 aromatic carbocycles. The zero-order valence-corrected chi connectivity index (χ0v) is 12.0. The lowest BCUT2D eigenvalue weighted by Gasteiger charge is -2.17. The second-order valence-electron chi connectivity index (χ2n) is 5.79. The van der Waals surface area contributed by atoms with Gasteiger partial charge in [-0.2, -0.15) is 0 Å². The molecule has 0 unspecified atom stereocenters. The monoisotopic (exact) mass is 270 g/mol. The highest BCUT2D eigenvalue weighted by Gasteiger charge is 2.13. The van der Waals surface area contributed by atoms with Gasteiger partial charge in [-0.1, -0.05) is 26.8 Å². The van der Waals surface area contributed by atoms with E-state index >= 15 is 0 Å². The highest BCUT2D eigenvalue weighted by Crippen LogP contribution is 2.20. The van der Waals surface area contributed by atoms with Crippen molar-refractivity contribution in [2.45, 2.75) is 27.2 Å². The van der Waals surface area contributed by atoms with E-state index in [1.165, 1.54) is 6.20 Å². The molecule has 0 spiro atoms. The van der Waals surface area contributed by atoms with Crippen LogP contribution in [0.15, 0.2) is 24.7 Å². The second-order valence-corrected chi connectivity index (χ2v) is 5.79. The Morgan fingerprint density at radius 3 is 2.95 bits per heavy atom. The molecule has 0 aliphatic rings. The summed E-state index contributed by atoms with van der Waals surface area (Å²) in [5, 5.41) is 0. The summed E-state index contributed by atoms with van der Waals surface area (Å²) >= 11 is 0. The maximum Gasteiger partial charge on any atom is 0.233 e. The third-order valence-corrected chi connectivity index (χ3v) is 2.61. The van der Waals surface area contributed by atoms with Crippen molar-refractivity contribution >= 4 is 11.2 Å². The van der Waals surface area contributed by atoms with E-state index in [0.29, 0.717) is 18.9 Å². The normalized spacial score (nSPS) is 11.9. The molecule has 0 aliphatic heterocycles. The van der Waals surface area contributed by atoms with Crippen LogP contribution < -0.4 is 4.74 Å². The van der Waals surface area contributed by atoms with E-state index in [2.05, 4.69) is 40.6 Å². The zero-order valence-electron chi connectivity index (χ0n) is 12.0. The van der Waals surface area contributed by atoms with Crippen LogP contribution in [-0.4, -0.2) is 21.6 Å². The SMILES string of the molecule is [C-]#[N+]/C=C\Cc1c[nH]c2ncc(OCC(C)(C)C)nc12. The summed E-state index contributed by atoms with van der Waals surface area (Å²) in [5.41, 5.74) is 2.62. The molecule has 2 aromatic heterocycles. The molecule has 0 fully saturated rings. The molecule has 1 N–H and O–H groups in total. The van der Waals surface area contributed by atoms with Crippen molar-refractivity contribution in [3.63, 3.8) is 0 Å². The summed E-state index contributed by atoms with van der Waals surface area (Å²) in [4.78, 5) is 15.1. The molecule has 5 nitrogen and oxygen atoms in total. The van der Waals surface area contributed by atoms with E-state index in [1.54, 1.807) is 12.3 Å². The lowest BCUT2D eigenvalue weighted by molar-refractivity contribution is 0.191. The van der Waals surface area contributed by atoms with Gasteiger partial charge in [0.05, 0.1) is 19.4 Å². The summed E-state index contributed by atoms with van der Waals surface area (Å²) in [5.74, 6) is 0.530. The van der Waals surface area contributed by atoms with Gasteiger partial charge in [0.15, 0.2) is 11.8 Å². The van der Waals surface area contributed by atoms with Crippen molar-refractivity contribution in [2.24, 2.45) is 5.41 Å². The van der Waals surface area contributed by atoms with Gasteiger partial charge in [0.1, 0.15) is 5.52 Å². The van der Waals surface area contributed by atoms with Crippen LogP contribution in [0.25, 0.3) is 16.0 Å². The minimum atomic E-state index is 0.0793. The standard InChI is InChI=1S/C15H18N4O/c1-15(2,3)10-20-12-9-18-14-13(19-12)11(8-17-14)6-5-7-16-4/h5,7-9H,6,10H2,1-3H3,(H,17,18)/b7-5-. The molecule has 0 radical (unpaired) electrons. The van der Waals surface area contributed by atoms with E-state index in [9.17, 15) is 0 Å². The van der Waals surface area contributed by atoms with Gasteiger partial charge in [0.25, 0.3) is 0 Å². The summed E-state index contributed by atoms with van der Waals surface area (Å²) in [6, 6.07) is 0. The second kappa shape index (κ2) is 5.74. The summed E-state index contributed by atoms with van der Waals surface area (Å²) < 4.78 is 5.67. The van der Waals surface area contributed by atoms with Crippen molar-refractivity contribution in [1.29, 1.82) is 0 Å². The first-order valence-corrected chi connectivity index (χ1v) is 6.47. The summed E-state index contributed by atoms with van der Waals surface area (Å²) in [6.45, 7) is 13.6. The predicted molar refractivity (Wildman–Crippen MR) is 78.3 cm³/mol. The molecule has 0 aliphatic carbocycles. The number of aromatic nitrogens is 3. The quantitative estimate of drug-likeness (QED) is 0.867. The number of hydrogen-bond acceptors (Lipinski definition) is 3. The van der Waals surface area contributed by atoms with Gasteiger partial charge in [-0.3, -0.25) is 0 Å². The minimum absolute atomic E-state index is 0.0793. The van der Waals surface area contributed by atoms with Gasteiger partial charge >= 0.3 is 0 Å². The van der Waals surface area contributed by atoms with E-state index in [1.807, 2.05) is 6.20 Å². The molecule has 20 heavy (non-hydrogen) atoms. The Hall–Kier alpha value is -2.35. The number of hydrogen-bond donors (Lipinski definition) is 1. The van der Waals surface area contributed by atoms with Crippen molar-refractivity contribution < 1.29 is 4.74 Å². The largest absolute Gasteiger partial charge is 0.476 e. The predicted octanol–water partition coefficient (Wildman–Crippen LogP) is 3.36. The van der Waals surface area contributed by atoms with Crippen molar-refractivity contribution in [2.75, 3.05) is 6.61 Å². The van der Waals surface area contributed by atoms with Crippen LogP contribution in [0.2, 0.25) is 0 Å². The Kier molecular flexibility index (Phi) is 4.04. The zero-order chi connectivity index (χ0) is 14.6. The summed E-state index contributed by atoms with van der Waals surface area (Å²) in [6.07, 6.45) is 7.40. The van der Waals surface area contributed by atoms with E-state index in [0.717, 1.165) is 16.7 Å². The number of nitrogens with one attached hydrogen (secondary N) is 1. The van der Waals surface area contributed by atoms with Crippen LogP contribution >= 0.6 is 0 Å². The number of aromatic amines is 1. The number of rotatable bonds is 4. The van der Waals surface area contributed by atoms with E-state index < -0.39 is 0 Å². The molecule has 5 heteroatoms. The Labute approximate surface area is 118 Å². The maximum atomic E-state index is 6.72. The Morgan fingerprint density at radius 2 is 2.25 bits per heavy atom.